The van der Waals surface area contributed by atoms with Crippen LogP contribution in [0.1, 0.15) is 27.2 Å². The lowest BCUT2D eigenvalue weighted by Gasteiger charge is -2.19. The molecule has 0 aromatic carbocycles. The van der Waals surface area contributed by atoms with E-state index in [1.54, 1.807) is 34.9 Å². The third-order valence-corrected chi connectivity index (χ3v) is 1.21. The predicted molar refractivity (Wildman–Crippen MR) is 69.8 cm³/mol. The molecule has 0 saturated carbocycles. The summed E-state index contributed by atoms with van der Waals surface area (Å²) in [5.41, 5.74) is 1.88. The molecule has 0 rings (SSSR count). The number of carbonyl (C=O) groups excluding carboxylic acids is 1. The zero-order valence-electron chi connectivity index (χ0n) is 11.4. The maximum atomic E-state index is 10.9. The van der Waals surface area contributed by atoms with Gasteiger partial charge in [-0.1, -0.05) is 0 Å². The minimum absolute atomic E-state index is 0. The molecule has 0 bridgehead atoms. The quantitative estimate of drug-likeness (QED) is 0.671. The molecule has 0 spiro atoms. The fraction of sp³-hybridized carbons (Fsp3) is 0.800. The van der Waals surface area contributed by atoms with Crippen molar-refractivity contribution in [3.8, 4) is 0 Å². The summed E-state index contributed by atoms with van der Waals surface area (Å²) in [5.74, 6) is -0.948. The number of carbonyl (C=O) groups is 2. The van der Waals surface area contributed by atoms with Crippen LogP contribution < -0.4 is 10.8 Å². The highest BCUT2D eigenvalue weighted by Gasteiger charge is 2.15. The van der Waals surface area contributed by atoms with Gasteiger partial charge in [-0.15, -0.1) is 12.4 Å². The number of amides is 1. The first-order valence-corrected chi connectivity index (χ1v) is 5.11. The molecule has 0 unspecified atom stereocenters. The minimum atomic E-state index is -0.948. The zero-order chi connectivity index (χ0) is 13.9. The molecule has 110 valence electrons. The summed E-state index contributed by atoms with van der Waals surface area (Å²) in [6.07, 6.45) is -0.687. The summed E-state index contributed by atoms with van der Waals surface area (Å²) in [5, 5.41) is 10.6. The highest BCUT2D eigenvalue weighted by Crippen LogP contribution is 2.06. The third kappa shape index (κ3) is 24.3. The molecule has 8 heteroatoms. The van der Waals surface area contributed by atoms with Crippen molar-refractivity contribution in [2.45, 2.75) is 32.8 Å². The van der Waals surface area contributed by atoms with Crippen LogP contribution in [0.4, 0.5) is 4.79 Å². The van der Waals surface area contributed by atoms with Gasteiger partial charge in [-0.2, -0.15) is 0 Å². The number of halogens is 1. The average Bonchev–Trinajstić information content (AvgIpc) is 2.14. The second-order valence-corrected chi connectivity index (χ2v) is 3.98. The van der Waals surface area contributed by atoms with E-state index >= 15 is 0 Å². The van der Waals surface area contributed by atoms with E-state index in [-0.39, 0.29) is 25.4 Å². The van der Waals surface area contributed by atoms with Gasteiger partial charge in [0, 0.05) is 13.6 Å². The van der Waals surface area contributed by atoms with Crippen molar-refractivity contribution in [3.05, 3.63) is 0 Å². The maximum absolute atomic E-state index is 10.9. The van der Waals surface area contributed by atoms with Gasteiger partial charge in [0.2, 0.25) is 0 Å². The molecule has 0 fully saturated rings. The number of aliphatic carboxylic acids is 1. The Labute approximate surface area is 114 Å². The van der Waals surface area contributed by atoms with Gasteiger partial charge in [-0.05, 0) is 20.8 Å². The number of nitrogens with one attached hydrogen (secondary N) is 2. The van der Waals surface area contributed by atoms with Crippen LogP contribution in [0.2, 0.25) is 0 Å². The summed E-state index contributed by atoms with van der Waals surface area (Å²) in [6, 6.07) is 0. The van der Waals surface area contributed by atoms with Gasteiger partial charge in [0.1, 0.15) is 5.60 Å². The van der Waals surface area contributed by atoms with Gasteiger partial charge < -0.3 is 20.0 Å². The van der Waals surface area contributed by atoms with Gasteiger partial charge >= 0.3 is 12.1 Å². The summed E-state index contributed by atoms with van der Waals surface area (Å²) in [6.45, 7) is 5.31. The van der Waals surface area contributed by atoms with Crippen LogP contribution in [0.15, 0.2) is 0 Å². The van der Waals surface area contributed by atoms with E-state index in [0.717, 1.165) is 0 Å². The van der Waals surface area contributed by atoms with Crippen LogP contribution in [0, 0.1) is 0 Å². The Bertz CT molecular complexity index is 229. The van der Waals surface area contributed by atoms with E-state index in [9.17, 15) is 9.59 Å². The predicted octanol–water partition coefficient (Wildman–Crippen LogP) is 1.17. The van der Waals surface area contributed by atoms with E-state index in [1.807, 2.05) is 0 Å². The lowest BCUT2D eigenvalue weighted by molar-refractivity contribution is -0.136. The first kappa shape index (κ1) is 22.2. The molecular weight excluding hydrogens is 264 g/mol. The number of ether oxygens (including phenoxy) is 1. The smallest absolute Gasteiger partial charge is 0.407 e. The summed E-state index contributed by atoms with van der Waals surface area (Å²) in [4.78, 5) is 25.3. The Kier molecular flexibility index (Phi) is 15.3. The van der Waals surface area contributed by atoms with Crippen molar-refractivity contribution in [3.63, 3.8) is 0 Å². The van der Waals surface area contributed by atoms with E-state index in [0.29, 0.717) is 0 Å². The SMILES string of the molecule is CC(C)(C)OC(=O)NCCC(=O)O.CNOC.Cl. The topological polar surface area (TPSA) is 96.9 Å². The number of hydrogen-bond acceptors (Lipinski definition) is 5. The lowest BCUT2D eigenvalue weighted by Crippen LogP contribution is -2.33. The van der Waals surface area contributed by atoms with Crippen LogP contribution in [0.5, 0.6) is 0 Å². The molecule has 0 aliphatic rings. The van der Waals surface area contributed by atoms with Gasteiger partial charge in [0.05, 0.1) is 13.5 Å². The largest absolute Gasteiger partial charge is 0.481 e. The highest BCUT2D eigenvalue weighted by atomic mass is 35.5. The normalized spacial score (nSPS) is 9.39. The second kappa shape index (κ2) is 12.4. The first-order chi connectivity index (χ1) is 7.72. The molecule has 0 aromatic heterocycles. The molecule has 0 aliphatic heterocycles. The lowest BCUT2D eigenvalue weighted by atomic mass is 10.2. The average molecular weight is 287 g/mol. The van der Waals surface area contributed by atoms with Gasteiger partial charge in [-0.3, -0.25) is 4.79 Å². The number of hydroxylamine groups is 1. The standard InChI is InChI=1S/C8H15NO4.C2H7NO.ClH/c1-8(2,3)13-7(12)9-5-4-6(10)11;1-3-4-2;/h4-5H2,1-3H3,(H,9,12)(H,10,11);3H,1-2H3;1H. The molecule has 0 atom stereocenters. The number of carboxylic acids is 1. The Morgan fingerprint density at radius 3 is 2.00 bits per heavy atom. The molecule has 0 saturated heterocycles. The van der Waals surface area contributed by atoms with Crippen LogP contribution in [-0.2, 0) is 14.4 Å². The fourth-order valence-corrected chi connectivity index (χ4v) is 0.586. The molecule has 7 nitrogen and oxygen atoms in total. The third-order valence-electron chi connectivity index (χ3n) is 1.21. The first-order valence-electron chi connectivity index (χ1n) is 5.11. The van der Waals surface area contributed by atoms with E-state index in [4.69, 9.17) is 9.84 Å². The van der Waals surface area contributed by atoms with Crippen LogP contribution in [-0.4, -0.2) is 43.5 Å². The second-order valence-electron chi connectivity index (χ2n) is 3.98. The van der Waals surface area contributed by atoms with Crippen molar-refractivity contribution in [1.29, 1.82) is 0 Å². The summed E-state index contributed by atoms with van der Waals surface area (Å²) >= 11 is 0. The minimum Gasteiger partial charge on any atom is -0.481 e. The Morgan fingerprint density at radius 2 is 1.72 bits per heavy atom. The van der Waals surface area contributed by atoms with Crippen molar-refractivity contribution < 1.29 is 24.3 Å². The van der Waals surface area contributed by atoms with Crippen LogP contribution in [0.3, 0.4) is 0 Å². The fourth-order valence-electron chi connectivity index (χ4n) is 0.586. The maximum Gasteiger partial charge on any atom is 0.407 e. The highest BCUT2D eigenvalue weighted by molar-refractivity contribution is 5.85. The molecule has 0 radical (unpaired) electrons. The molecule has 0 heterocycles. The molecule has 0 aliphatic carbocycles. The van der Waals surface area contributed by atoms with Crippen molar-refractivity contribution in [2.24, 2.45) is 0 Å². The Morgan fingerprint density at radius 1 is 1.28 bits per heavy atom. The van der Waals surface area contributed by atoms with Gasteiger partial charge in [0.25, 0.3) is 0 Å². The monoisotopic (exact) mass is 286 g/mol. The van der Waals surface area contributed by atoms with E-state index in [2.05, 4.69) is 15.6 Å². The molecule has 3 N–H and O–H groups in total. The number of alkyl carbamates (subject to hydrolysis) is 1. The van der Waals surface area contributed by atoms with Gasteiger partial charge in [-0.25, -0.2) is 10.3 Å². The zero-order valence-corrected chi connectivity index (χ0v) is 12.2. The number of carboxylic acid groups (broad SMARTS) is 1. The molecule has 0 aromatic rings. The Balaban J connectivity index is -0.000000392. The van der Waals surface area contributed by atoms with Crippen LogP contribution in [0.25, 0.3) is 0 Å². The van der Waals surface area contributed by atoms with E-state index < -0.39 is 17.7 Å². The summed E-state index contributed by atoms with van der Waals surface area (Å²) in [7, 11) is 3.28. The van der Waals surface area contributed by atoms with Crippen molar-refractivity contribution >= 4 is 24.5 Å². The molecule has 18 heavy (non-hydrogen) atoms. The van der Waals surface area contributed by atoms with Crippen LogP contribution >= 0.6 is 12.4 Å². The van der Waals surface area contributed by atoms with Crippen molar-refractivity contribution in [2.75, 3.05) is 20.7 Å². The van der Waals surface area contributed by atoms with Crippen molar-refractivity contribution in [1.82, 2.24) is 10.8 Å². The summed E-state index contributed by atoms with van der Waals surface area (Å²) < 4.78 is 4.88. The number of rotatable bonds is 4. The molecular formula is C10H23ClN2O5. The number of hydrogen-bond donors (Lipinski definition) is 3. The van der Waals surface area contributed by atoms with E-state index in [1.165, 1.54) is 0 Å². The van der Waals surface area contributed by atoms with Gasteiger partial charge in [0.15, 0.2) is 0 Å². The molecule has 1 amide bonds. The Hall–Kier alpha value is -1.05.